The smallest absolute Gasteiger partial charge is 0.275 e. The summed E-state index contributed by atoms with van der Waals surface area (Å²) in [5, 5.41) is 29.7. The Labute approximate surface area is 217 Å². The predicted octanol–water partition coefficient (Wildman–Crippen LogP) is 3.60. The fourth-order valence-corrected chi connectivity index (χ4v) is 5.37. The van der Waals surface area contributed by atoms with Gasteiger partial charge in [-0.2, -0.15) is 0 Å². The number of benzene rings is 1. The minimum absolute atomic E-state index is 0.0713. The van der Waals surface area contributed by atoms with Crippen LogP contribution in [0.15, 0.2) is 29.2 Å². The number of thioether (sulfide) groups is 1. The average Bonchev–Trinajstić information content (AvgIpc) is 2.87. The molecule has 0 unspecified atom stereocenters. The molecule has 1 saturated carbocycles. The number of amides is 1. The zero-order chi connectivity index (χ0) is 27.3. The lowest BCUT2D eigenvalue weighted by Gasteiger charge is -2.47. The van der Waals surface area contributed by atoms with Crippen LogP contribution in [0.1, 0.15) is 54.2 Å². The lowest BCUT2D eigenvalue weighted by molar-refractivity contribution is -0.0161. The monoisotopic (exact) mass is 535 g/mol. The lowest BCUT2D eigenvalue weighted by Crippen LogP contribution is -2.61. The third-order valence-electron chi connectivity index (χ3n) is 6.74. The van der Waals surface area contributed by atoms with Gasteiger partial charge in [0, 0.05) is 32.3 Å². The third kappa shape index (κ3) is 6.08. The largest absolute Gasteiger partial charge is 0.503 e. The van der Waals surface area contributed by atoms with Crippen molar-refractivity contribution in [1.29, 1.82) is 10.8 Å². The van der Waals surface area contributed by atoms with Crippen molar-refractivity contribution in [3.63, 3.8) is 0 Å². The Bertz CT molecular complexity index is 1240. The molecular formula is C25H31F2N5O4S. The molecule has 200 valence electrons. The molecular weight excluding hydrogens is 504 g/mol. The van der Waals surface area contributed by atoms with E-state index < -0.39 is 34.4 Å². The van der Waals surface area contributed by atoms with Crippen LogP contribution in [0.25, 0.3) is 0 Å². The Morgan fingerprint density at radius 2 is 2.00 bits per heavy atom. The zero-order valence-corrected chi connectivity index (χ0v) is 21.7. The van der Waals surface area contributed by atoms with E-state index in [0.29, 0.717) is 37.2 Å². The summed E-state index contributed by atoms with van der Waals surface area (Å²) in [6.07, 6.45) is 3.78. The maximum Gasteiger partial charge on any atom is 0.275 e. The molecule has 0 aliphatic heterocycles. The van der Waals surface area contributed by atoms with E-state index in [-0.39, 0.29) is 39.4 Å². The molecule has 0 bridgehead atoms. The van der Waals surface area contributed by atoms with Crippen LogP contribution in [-0.4, -0.2) is 63.5 Å². The van der Waals surface area contributed by atoms with E-state index in [1.165, 1.54) is 6.07 Å². The second-order valence-corrected chi connectivity index (χ2v) is 9.89. The number of methoxy groups -OCH3 is 1. The maximum atomic E-state index is 13.9. The van der Waals surface area contributed by atoms with Crippen molar-refractivity contribution < 1.29 is 23.4 Å². The molecule has 1 aliphatic carbocycles. The standard InChI is InChI=1S/C25H31F2N5O4S/c1-4-32(25(30-2)9-7-16(36-3)8-10-25)24(35)20-22(34)21(33)17(13-31-20)23(29)37-19(28)11-14-5-6-15(26)12-18(14)27/h5-6,12-13,16,28-30,34H,4,7-11H2,1-3H3,(H,31,33). The van der Waals surface area contributed by atoms with Gasteiger partial charge in [-0.1, -0.05) is 17.8 Å². The first-order valence-electron chi connectivity index (χ1n) is 11.8. The molecule has 1 aromatic carbocycles. The number of hydrogen-bond donors (Lipinski definition) is 5. The van der Waals surface area contributed by atoms with Gasteiger partial charge in [-0.15, -0.1) is 0 Å². The molecule has 0 spiro atoms. The molecule has 0 radical (unpaired) electrons. The number of carbonyl (C=O) groups is 1. The van der Waals surface area contributed by atoms with Crippen LogP contribution in [0, 0.1) is 22.5 Å². The first-order chi connectivity index (χ1) is 17.6. The van der Waals surface area contributed by atoms with Crippen LogP contribution < -0.4 is 10.7 Å². The molecule has 1 fully saturated rings. The summed E-state index contributed by atoms with van der Waals surface area (Å²) in [7, 11) is 3.42. The van der Waals surface area contributed by atoms with Crippen LogP contribution in [0.2, 0.25) is 0 Å². The van der Waals surface area contributed by atoms with Crippen molar-refractivity contribution in [1.82, 2.24) is 15.2 Å². The average molecular weight is 536 g/mol. The molecule has 37 heavy (non-hydrogen) atoms. The molecule has 9 nitrogen and oxygen atoms in total. The van der Waals surface area contributed by atoms with Crippen molar-refractivity contribution >= 4 is 27.8 Å². The molecule has 1 aromatic heterocycles. The second-order valence-electron chi connectivity index (χ2n) is 8.79. The van der Waals surface area contributed by atoms with Crippen molar-refractivity contribution in [3.8, 4) is 5.75 Å². The van der Waals surface area contributed by atoms with E-state index in [0.717, 1.165) is 25.1 Å². The Morgan fingerprint density at radius 3 is 2.57 bits per heavy atom. The molecule has 0 saturated heterocycles. The van der Waals surface area contributed by atoms with Crippen LogP contribution in [0.3, 0.4) is 0 Å². The fraction of sp³-hybridized carbons (Fsp3) is 0.440. The molecule has 12 heteroatoms. The Kier molecular flexibility index (Phi) is 9.21. The van der Waals surface area contributed by atoms with Gasteiger partial charge in [0.25, 0.3) is 5.91 Å². The highest BCUT2D eigenvalue weighted by Crippen LogP contribution is 2.34. The van der Waals surface area contributed by atoms with Gasteiger partial charge in [0.1, 0.15) is 16.7 Å². The molecule has 1 amide bonds. The molecule has 3 rings (SSSR count). The number of H-pyrrole nitrogens is 1. The lowest BCUT2D eigenvalue weighted by atomic mass is 9.85. The van der Waals surface area contributed by atoms with Crippen molar-refractivity contribution in [2.75, 3.05) is 20.7 Å². The fourth-order valence-electron chi connectivity index (χ4n) is 4.64. The van der Waals surface area contributed by atoms with E-state index in [9.17, 15) is 23.5 Å². The highest BCUT2D eigenvalue weighted by molar-refractivity contribution is 8.26. The van der Waals surface area contributed by atoms with Crippen LogP contribution in [-0.2, 0) is 11.2 Å². The SMILES string of the molecule is CCN(C(=O)c1[nH]cc(C(=N)SC(=N)Cc2ccc(F)cc2F)c(=O)c1O)C1(NC)CCC(OC)CC1. The van der Waals surface area contributed by atoms with Gasteiger partial charge in [-0.25, -0.2) is 8.78 Å². The predicted molar refractivity (Wildman–Crippen MR) is 139 cm³/mol. The number of aromatic hydroxyl groups is 1. The van der Waals surface area contributed by atoms with E-state index in [4.69, 9.17) is 15.6 Å². The van der Waals surface area contributed by atoms with Crippen molar-refractivity contribution in [3.05, 3.63) is 63.1 Å². The third-order valence-corrected chi connectivity index (χ3v) is 7.56. The first kappa shape index (κ1) is 28.5. The highest BCUT2D eigenvalue weighted by atomic mass is 32.2. The van der Waals surface area contributed by atoms with Gasteiger partial charge in [-0.3, -0.25) is 25.7 Å². The number of nitrogens with zero attached hydrogens (tertiary/aromatic N) is 1. The Hall–Kier alpha value is -3.09. The summed E-state index contributed by atoms with van der Waals surface area (Å²) < 4.78 is 32.4. The number of aromatic amines is 1. The van der Waals surface area contributed by atoms with Gasteiger partial charge < -0.3 is 19.7 Å². The molecule has 0 atom stereocenters. The number of ether oxygens (including phenoxy) is 1. The van der Waals surface area contributed by atoms with Gasteiger partial charge in [0.05, 0.1) is 22.4 Å². The van der Waals surface area contributed by atoms with E-state index >= 15 is 0 Å². The number of nitrogens with one attached hydrogen (secondary N) is 4. The number of carbonyl (C=O) groups excluding carboxylic acids is 1. The number of aromatic nitrogens is 1. The van der Waals surface area contributed by atoms with Crippen LogP contribution in [0.4, 0.5) is 8.78 Å². The zero-order valence-electron chi connectivity index (χ0n) is 20.9. The molecule has 5 N–H and O–H groups in total. The first-order valence-corrected chi connectivity index (χ1v) is 12.6. The van der Waals surface area contributed by atoms with Crippen LogP contribution >= 0.6 is 11.8 Å². The highest BCUT2D eigenvalue weighted by Gasteiger charge is 2.42. The summed E-state index contributed by atoms with van der Waals surface area (Å²) in [6, 6.07) is 2.99. The van der Waals surface area contributed by atoms with E-state index in [1.807, 2.05) is 6.92 Å². The maximum absolute atomic E-state index is 13.9. The summed E-state index contributed by atoms with van der Waals surface area (Å²) in [6.45, 7) is 2.13. The number of rotatable bonds is 8. The quantitative estimate of drug-likeness (QED) is 0.199. The van der Waals surface area contributed by atoms with Crippen LogP contribution in [0.5, 0.6) is 5.75 Å². The second kappa shape index (κ2) is 12.0. The number of hydrogen-bond acceptors (Lipinski definition) is 8. The van der Waals surface area contributed by atoms with Crippen molar-refractivity contribution in [2.45, 2.75) is 50.8 Å². The van der Waals surface area contributed by atoms with Crippen molar-refractivity contribution in [2.24, 2.45) is 0 Å². The summed E-state index contributed by atoms with van der Waals surface area (Å²) in [4.78, 5) is 30.6. The molecule has 2 aromatic rings. The molecule has 1 heterocycles. The summed E-state index contributed by atoms with van der Waals surface area (Å²) in [5.74, 6) is -2.94. The normalized spacial score (nSPS) is 19.4. The van der Waals surface area contributed by atoms with Gasteiger partial charge in [0.15, 0.2) is 11.4 Å². The van der Waals surface area contributed by atoms with Gasteiger partial charge in [0.2, 0.25) is 5.43 Å². The summed E-state index contributed by atoms with van der Waals surface area (Å²) >= 11 is 0.594. The Morgan fingerprint density at radius 1 is 1.32 bits per heavy atom. The topological polar surface area (TPSA) is 142 Å². The summed E-state index contributed by atoms with van der Waals surface area (Å²) in [5.41, 5.74) is -2.06. The Balaban J connectivity index is 1.79. The van der Waals surface area contributed by atoms with Gasteiger partial charge >= 0.3 is 0 Å². The number of halogens is 2. The number of pyridine rings is 1. The van der Waals surface area contributed by atoms with E-state index in [1.54, 1.807) is 19.1 Å². The van der Waals surface area contributed by atoms with Gasteiger partial charge in [-0.05, 0) is 51.3 Å². The van der Waals surface area contributed by atoms with E-state index in [2.05, 4.69) is 10.3 Å². The minimum Gasteiger partial charge on any atom is -0.503 e. The molecule has 1 aliphatic rings. The minimum atomic E-state index is -0.932.